The summed E-state index contributed by atoms with van der Waals surface area (Å²) in [6.45, 7) is 0. The van der Waals surface area contributed by atoms with Crippen molar-refractivity contribution in [3.05, 3.63) is 74.3 Å². The van der Waals surface area contributed by atoms with E-state index in [9.17, 15) is 14.4 Å². The van der Waals surface area contributed by atoms with Gasteiger partial charge in [0.05, 0.1) is 10.4 Å². The van der Waals surface area contributed by atoms with Gasteiger partial charge in [0.15, 0.2) is 6.17 Å². The Labute approximate surface area is 188 Å². The molecule has 6 nitrogen and oxygen atoms in total. The quantitative estimate of drug-likeness (QED) is 0.371. The second-order valence-corrected chi connectivity index (χ2v) is 9.31. The van der Waals surface area contributed by atoms with E-state index in [1.807, 2.05) is 11.4 Å². The minimum Gasteiger partial charge on any atom is -0.355 e. The zero-order valence-corrected chi connectivity index (χ0v) is 18.7. The smallest absolute Gasteiger partial charge is 0.263 e. The number of nitrogens with one attached hydrogen (secondary N) is 3. The van der Waals surface area contributed by atoms with Crippen molar-refractivity contribution in [1.29, 1.82) is 0 Å². The monoisotopic (exact) mass is 453 g/mol. The number of hydrogen-bond acceptors (Lipinski definition) is 6. The molecule has 3 N–H and O–H groups in total. The minimum absolute atomic E-state index is 0.183. The Morgan fingerprint density at radius 1 is 0.968 bits per heavy atom. The van der Waals surface area contributed by atoms with Crippen LogP contribution in [0.5, 0.6) is 0 Å². The second-order valence-electron chi connectivity index (χ2n) is 7.25. The fourth-order valence-corrected chi connectivity index (χ4v) is 5.65. The Morgan fingerprint density at radius 3 is 2.45 bits per heavy atom. The van der Waals surface area contributed by atoms with Crippen LogP contribution < -0.4 is 16.0 Å². The number of Topliss-reactive ketones (excluding diaryl/α,β-unsaturated/α-hetero) is 1. The highest BCUT2D eigenvalue weighted by molar-refractivity contribution is 7.16. The molecule has 1 unspecified atom stereocenters. The molecule has 1 aromatic carbocycles. The number of carbonyl (C=O) groups is 3. The lowest BCUT2D eigenvalue weighted by molar-refractivity contribution is 0.0872. The van der Waals surface area contributed by atoms with Crippen LogP contribution in [0.1, 0.15) is 53.7 Å². The predicted octanol–water partition coefficient (Wildman–Crippen LogP) is 4.10. The highest BCUT2D eigenvalue weighted by Gasteiger charge is 2.29. The van der Waals surface area contributed by atoms with E-state index in [-0.39, 0.29) is 17.6 Å². The van der Waals surface area contributed by atoms with E-state index in [1.54, 1.807) is 43.4 Å². The molecule has 0 radical (unpaired) electrons. The highest BCUT2D eigenvalue weighted by atomic mass is 32.1. The van der Waals surface area contributed by atoms with Crippen molar-refractivity contribution in [3.8, 4) is 0 Å². The summed E-state index contributed by atoms with van der Waals surface area (Å²) in [6.07, 6.45) is 2.89. The number of benzene rings is 1. The number of amides is 2. The van der Waals surface area contributed by atoms with Crippen LogP contribution >= 0.6 is 22.7 Å². The van der Waals surface area contributed by atoms with Crippen LogP contribution in [0.15, 0.2) is 47.8 Å². The van der Waals surface area contributed by atoms with Gasteiger partial charge in [-0.2, -0.15) is 0 Å². The van der Waals surface area contributed by atoms with E-state index in [2.05, 4.69) is 16.0 Å². The molecule has 160 valence electrons. The molecule has 2 heterocycles. The average molecular weight is 454 g/mol. The SMILES string of the molecule is CNC(=O)c1c(NC(NC(=O)c2cccs2)C(=O)c2ccccc2)sc2c1CCCC2. The van der Waals surface area contributed by atoms with Gasteiger partial charge in [0, 0.05) is 17.5 Å². The number of carbonyl (C=O) groups excluding carboxylic acids is 3. The Hall–Kier alpha value is -2.97. The summed E-state index contributed by atoms with van der Waals surface area (Å²) >= 11 is 2.81. The summed E-state index contributed by atoms with van der Waals surface area (Å²) in [5.41, 5.74) is 2.11. The first-order valence-corrected chi connectivity index (χ1v) is 11.8. The average Bonchev–Trinajstić information content (AvgIpc) is 3.46. The van der Waals surface area contributed by atoms with Crippen LogP contribution in [0, 0.1) is 0 Å². The van der Waals surface area contributed by atoms with E-state index in [1.165, 1.54) is 27.6 Å². The van der Waals surface area contributed by atoms with Crippen LogP contribution in [0.25, 0.3) is 0 Å². The number of rotatable bonds is 7. The van der Waals surface area contributed by atoms with Gasteiger partial charge in [-0.15, -0.1) is 22.7 Å². The molecule has 4 rings (SSSR count). The van der Waals surface area contributed by atoms with Gasteiger partial charge in [0.2, 0.25) is 5.78 Å². The number of hydrogen-bond donors (Lipinski definition) is 3. The normalized spacial score (nSPS) is 13.7. The lowest BCUT2D eigenvalue weighted by Gasteiger charge is -2.20. The summed E-state index contributed by atoms with van der Waals surface area (Å²) in [5.74, 6) is -0.781. The van der Waals surface area contributed by atoms with E-state index < -0.39 is 6.17 Å². The van der Waals surface area contributed by atoms with Gasteiger partial charge < -0.3 is 16.0 Å². The topological polar surface area (TPSA) is 87.3 Å². The summed E-state index contributed by atoms with van der Waals surface area (Å²) in [6, 6.07) is 12.3. The maximum atomic E-state index is 13.3. The first-order chi connectivity index (χ1) is 15.1. The molecule has 0 bridgehead atoms. The number of ketones is 1. The lowest BCUT2D eigenvalue weighted by Crippen LogP contribution is -2.46. The molecule has 0 saturated carbocycles. The van der Waals surface area contributed by atoms with Gasteiger partial charge in [-0.25, -0.2) is 0 Å². The Kier molecular flexibility index (Phi) is 6.48. The maximum Gasteiger partial charge on any atom is 0.263 e. The number of thiophene rings is 2. The van der Waals surface area contributed by atoms with Gasteiger partial charge in [-0.3, -0.25) is 14.4 Å². The third-order valence-electron chi connectivity index (χ3n) is 5.24. The Morgan fingerprint density at radius 2 is 1.74 bits per heavy atom. The van der Waals surface area contributed by atoms with Gasteiger partial charge in [-0.1, -0.05) is 36.4 Å². The van der Waals surface area contributed by atoms with Crippen molar-refractivity contribution in [3.63, 3.8) is 0 Å². The lowest BCUT2D eigenvalue weighted by atomic mass is 9.95. The molecule has 31 heavy (non-hydrogen) atoms. The molecule has 0 fully saturated rings. The zero-order chi connectivity index (χ0) is 21.8. The number of aryl methyl sites for hydroxylation is 1. The van der Waals surface area contributed by atoms with Crippen LogP contribution in [-0.4, -0.2) is 30.8 Å². The predicted molar refractivity (Wildman–Crippen MR) is 124 cm³/mol. The van der Waals surface area contributed by atoms with Crippen LogP contribution in [0.3, 0.4) is 0 Å². The van der Waals surface area contributed by atoms with E-state index in [4.69, 9.17) is 0 Å². The third-order valence-corrected chi connectivity index (χ3v) is 7.33. The summed E-state index contributed by atoms with van der Waals surface area (Å²) in [4.78, 5) is 40.4. The molecule has 0 aliphatic heterocycles. The summed E-state index contributed by atoms with van der Waals surface area (Å²) < 4.78 is 0. The van der Waals surface area contributed by atoms with Gasteiger partial charge in [0.25, 0.3) is 11.8 Å². The molecule has 2 amide bonds. The molecule has 8 heteroatoms. The van der Waals surface area contributed by atoms with Crippen LogP contribution in [0.4, 0.5) is 5.00 Å². The van der Waals surface area contributed by atoms with Crippen molar-refractivity contribution in [2.24, 2.45) is 0 Å². The minimum atomic E-state index is -1.000. The largest absolute Gasteiger partial charge is 0.355 e. The van der Waals surface area contributed by atoms with Crippen molar-refractivity contribution in [1.82, 2.24) is 10.6 Å². The van der Waals surface area contributed by atoms with Crippen LogP contribution in [0.2, 0.25) is 0 Å². The van der Waals surface area contributed by atoms with Crippen molar-refractivity contribution in [2.45, 2.75) is 31.8 Å². The molecule has 3 aromatic rings. The van der Waals surface area contributed by atoms with Crippen molar-refractivity contribution < 1.29 is 14.4 Å². The first-order valence-electron chi connectivity index (χ1n) is 10.1. The fourth-order valence-electron chi connectivity index (χ4n) is 3.71. The van der Waals surface area contributed by atoms with Crippen molar-refractivity contribution in [2.75, 3.05) is 12.4 Å². The van der Waals surface area contributed by atoms with E-state index in [0.717, 1.165) is 31.2 Å². The molecule has 2 aromatic heterocycles. The van der Waals surface area contributed by atoms with Crippen LogP contribution in [-0.2, 0) is 12.8 Å². The van der Waals surface area contributed by atoms with E-state index >= 15 is 0 Å². The molecular formula is C23H23N3O3S2. The second kappa shape index (κ2) is 9.45. The molecule has 1 aliphatic rings. The number of anilines is 1. The zero-order valence-electron chi connectivity index (χ0n) is 17.1. The standard InChI is InChI=1S/C23H23N3O3S2/c1-24-22(29)18-15-10-5-6-11-16(15)31-23(18)26-20(19(27)14-8-3-2-4-9-14)25-21(28)17-12-7-13-30-17/h2-4,7-9,12-13,20,26H,5-6,10-11H2,1H3,(H,24,29)(H,25,28). The first kappa shape index (κ1) is 21.3. The van der Waals surface area contributed by atoms with Gasteiger partial charge >= 0.3 is 0 Å². The molecular weight excluding hydrogens is 430 g/mol. The summed E-state index contributed by atoms with van der Waals surface area (Å²) in [7, 11) is 1.60. The van der Waals surface area contributed by atoms with Crippen molar-refractivity contribution >= 4 is 45.3 Å². The Bertz CT molecular complexity index is 1090. The Balaban J connectivity index is 1.69. The highest BCUT2D eigenvalue weighted by Crippen LogP contribution is 2.38. The third kappa shape index (κ3) is 4.55. The van der Waals surface area contributed by atoms with Gasteiger partial charge in [-0.05, 0) is 42.7 Å². The summed E-state index contributed by atoms with van der Waals surface area (Å²) in [5, 5.41) is 11.2. The van der Waals surface area contributed by atoms with Gasteiger partial charge in [0.1, 0.15) is 5.00 Å². The fraction of sp³-hybridized carbons (Fsp3) is 0.261. The molecule has 1 atom stereocenters. The van der Waals surface area contributed by atoms with E-state index in [0.29, 0.717) is 21.0 Å². The molecule has 0 spiro atoms. The number of fused-ring (bicyclic) bond motifs is 1. The molecule has 1 aliphatic carbocycles. The molecule has 0 saturated heterocycles. The maximum absolute atomic E-state index is 13.3.